The number of halogens is 1. The third-order valence-corrected chi connectivity index (χ3v) is 1.99. The summed E-state index contributed by atoms with van der Waals surface area (Å²) in [5.41, 5.74) is 6.03. The molecule has 0 aliphatic heterocycles. The number of nitrogens with zero attached hydrogens (tertiary/aromatic N) is 1. The lowest BCUT2D eigenvalue weighted by Crippen LogP contribution is -2.11. The van der Waals surface area contributed by atoms with Gasteiger partial charge in [0.05, 0.1) is 18.0 Å². The molecular weight excluding hydrogens is 188 g/mol. The molecule has 13 heavy (non-hydrogen) atoms. The molecule has 0 amide bonds. The molecule has 0 fully saturated rings. The Kier molecular flexibility index (Phi) is 3.37. The van der Waals surface area contributed by atoms with Gasteiger partial charge in [-0.3, -0.25) is 0 Å². The van der Waals surface area contributed by atoms with E-state index in [1.54, 1.807) is 6.07 Å². The minimum atomic E-state index is 0.119. The Morgan fingerprint density at radius 2 is 2.38 bits per heavy atom. The Morgan fingerprint density at radius 1 is 1.69 bits per heavy atom. The van der Waals surface area contributed by atoms with Crippen LogP contribution in [0, 0.1) is 0 Å². The topological polar surface area (TPSA) is 48.1 Å². The Balaban J connectivity index is 2.77. The van der Waals surface area contributed by atoms with Gasteiger partial charge in [0.25, 0.3) is 0 Å². The summed E-state index contributed by atoms with van der Waals surface area (Å²) in [4.78, 5) is 3.99. The second kappa shape index (κ2) is 4.33. The molecule has 0 aliphatic carbocycles. The van der Waals surface area contributed by atoms with Crippen molar-refractivity contribution in [1.82, 2.24) is 4.98 Å². The standard InChI is InChI=1S/C9H13ClN2O/c1-3-6(2)13-9-8(10)4-7(11)5-12-9/h4-6H,3,11H2,1-2H3. The van der Waals surface area contributed by atoms with Crippen molar-refractivity contribution in [2.45, 2.75) is 26.4 Å². The van der Waals surface area contributed by atoms with Crippen LogP contribution in [0.15, 0.2) is 12.3 Å². The zero-order chi connectivity index (χ0) is 9.84. The van der Waals surface area contributed by atoms with E-state index in [4.69, 9.17) is 22.1 Å². The molecule has 0 aliphatic rings. The van der Waals surface area contributed by atoms with E-state index in [0.29, 0.717) is 16.6 Å². The number of anilines is 1. The van der Waals surface area contributed by atoms with E-state index in [-0.39, 0.29) is 6.10 Å². The molecule has 0 radical (unpaired) electrons. The van der Waals surface area contributed by atoms with Crippen molar-refractivity contribution in [3.05, 3.63) is 17.3 Å². The van der Waals surface area contributed by atoms with Crippen LogP contribution in [0.4, 0.5) is 5.69 Å². The average molecular weight is 201 g/mol. The van der Waals surface area contributed by atoms with E-state index in [0.717, 1.165) is 6.42 Å². The number of aromatic nitrogens is 1. The molecule has 1 unspecified atom stereocenters. The van der Waals surface area contributed by atoms with Crippen LogP contribution in [-0.4, -0.2) is 11.1 Å². The summed E-state index contributed by atoms with van der Waals surface area (Å²) in [5.74, 6) is 0.449. The van der Waals surface area contributed by atoms with Crippen molar-refractivity contribution in [1.29, 1.82) is 0 Å². The normalized spacial score (nSPS) is 12.5. The van der Waals surface area contributed by atoms with Crippen LogP contribution in [0.3, 0.4) is 0 Å². The largest absolute Gasteiger partial charge is 0.474 e. The molecule has 0 saturated heterocycles. The number of pyridine rings is 1. The zero-order valence-corrected chi connectivity index (χ0v) is 8.51. The van der Waals surface area contributed by atoms with Gasteiger partial charge in [-0.15, -0.1) is 0 Å². The maximum absolute atomic E-state index is 5.86. The average Bonchev–Trinajstić information content (AvgIpc) is 2.09. The molecule has 3 nitrogen and oxygen atoms in total. The minimum absolute atomic E-state index is 0.119. The van der Waals surface area contributed by atoms with Gasteiger partial charge in [0, 0.05) is 0 Å². The Bertz CT molecular complexity index is 291. The van der Waals surface area contributed by atoms with Crippen LogP contribution in [0.1, 0.15) is 20.3 Å². The van der Waals surface area contributed by atoms with Gasteiger partial charge in [-0.1, -0.05) is 18.5 Å². The van der Waals surface area contributed by atoms with Crippen molar-refractivity contribution in [2.24, 2.45) is 0 Å². The Labute approximate surface area is 82.9 Å². The maximum atomic E-state index is 5.86. The molecule has 1 atom stereocenters. The molecule has 1 heterocycles. The van der Waals surface area contributed by atoms with Crippen LogP contribution in [-0.2, 0) is 0 Å². The summed E-state index contributed by atoms with van der Waals surface area (Å²) >= 11 is 5.86. The van der Waals surface area contributed by atoms with Gasteiger partial charge in [0.2, 0.25) is 5.88 Å². The van der Waals surface area contributed by atoms with Crippen molar-refractivity contribution in [3.8, 4) is 5.88 Å². The van der Waals surface area contributed by atoms with Crippen molar-refractivity contribution >= 4 is 17.3 Å². The van der Waals surface area contributed by atoms with Crippen LogP contribution in [0.2, 0.25) is 5.02 Å². The number of nitrogen functional groups attached to an aromatic ring is 1. The number of nitrogens with two attached hydrogens (primary N) is 1. The third kappa shape index (κ3) is 2.77. The van der Waals surface area contributed by atoms with Crippen molar-refractivity contribution in [2.75, 3.05) is 5.73 Å². The quantitative estimate of drug-likeness (QED) is 0.816. The van der Waals surface area contributed by atoms with Gasteiger partial charge in [0.1, 0.15) is 5.02 Å². The van der Waals surface area contributed by atoms with Crippen molar-refractivity contribution in [3.63, 3.8) is 0 Å². The monoisotopic (exact) mass is 200 g/mol. The molecule has 0 bridgehead atoms. The first-order valence-electron chi connectivity index (χ1n) is 4.21. The molecule has 2 N–H and O–H groups in total. The number of rotatable bonds is 3. The fourth-order valence-electron chi connectivity index (χ4n) is 0.801. The summed E-state index contributed by atoms with van der Waals surface area (Å²) in [5, 5.41) is 0.459. The van der Waals surface area contributed by atoms with Gasteiger partial charge >= 0.3 is 0 Å². The summed E-state index contributed by atoms with van der Waals surface area (Å²) in [6, 6.07) is 1.63. The van der Waals surface area contributed by atoms with Gasteiger partial charge in [-0.25, -0.2) is 4.98 Å². The fraction of sp³-hybridized carbons (Fsp3) is 0.444. The SMILES string of the molecule is CCC(C)Oc1ncc(N)cc1Cl. The lowest BCUT2D eigenvalue weighted by molar-refractivity contribution is 0.209. The molecule has 4 heteroatoms. The van der Waals surface area contributed by atoms with Crippen LogP contribution in [0.5, 0.6) is 5.88 Å². The number of ether oxygens (including phenoxy) is 1. The zero-order valence-electron chi connectivity index (χ0n) is 7.75. The molecule has 1 aromatic rings. The minimum Gasteiger partial charge on any atom is -0.474 e. The molecule has 0 spiro atoms. The van der Waals surface area contributed by atoms with Gasteiger partial charge in [-0.2, -0.15) is 0 Å². The van der Waals surface area contributed by atoms with Crippen LogP contribution in [0.25, 0.3) is 0 Å². The first-order valence-corrected chi connectivity index (χ1v) is 4.59. The highest BCUT2D eigenvalue weighted by molar-refractivity contribution is 6.32. The molecular formula is C9H13ClN2O. The number of hydrogen-bond donors (Lipinski definition) is 1. The highest BCUT2D eigenvalue weighted by Gasteiger charge is 2.06. The molecule has 1 rings (SSSR count). The fourth-order valence-corrected chi connectivity index (χ4v) is 1.02. The summed E-state index contributed by atoms with van der Waals surface area (Å²) in [6.45, 7) is 4.00. The second-order valence-corrected chi connectivity index (χ2v) is 3.30. The molecule has 72 valence electrons. The summed E-state index contributed by atoms with van der Waals surface area (Å²) < 4.78 is 5.45. The lowest BCUT2D eigenvalue weighted by atomic mass is 10.3. The predicted octanol–water partition coefficient (Wildman–Crippen LogP) is 2.49. The van der Waals surface area contributed by atoms with Gasteiger partial charge in [-0.05, 0) is 19.4 Å². The van der Waals surface area contributed by atoms with Crippen LogP contribution >= 0.6 is 11.6 Å². The Hall–Kier alpha value is -0.960. The van der Waals surface area contributed by atoms with E-state index >= 15 is 0 Å². The predicted molar refractivity (Wildman–Crippen MR) is 54.0 cm³/mol. The third-order valence-electron chi connectivity index (χ3n) is 1.72. The van der Waals surface area contributed by atoms with E-state index < -0.39 is 0 Å². The second-order valence-electron chi connectivity index (χ2n) is 2.89. The van der Waals surface area contributed by atoms with Crippen molar-refractivity contribution < 1.29 is 4.74 Å². The van der Waals surface area contributed by atoms with Gasteiger partial charge in [0.15, 0.2) is 0 Å². The van der Waals surface area contributed by atoms with E-state index in [1.807, 2.05) is 13.8 Å². The molecule has 1 aromatic heterocycles. The summed E-state index contributed by atoms with van der Waals surface area (Å²) in [6.07, 6.45) is 2.57. The first kappa shape index (κ1) is 10.1. The highest BCUT2D eigenvalue weighted by Crippen LogP contribution is 2.24. The van der Waals surface area contributed by atoms with E-state index in [1.165, 1.54) is 6.20 Å². The lowest BCUT2D eigenvalue weighted by Gasteiger charge is -2.12. The Morgan fingerprint density at radius 3 is 2.92 bits per heavy atom. The van der Waals surface area contributed by atoms with E-state index in [2.05, 4.69) is 4.98 Å². The van der Waals surface area contributed by atoms with E-state index in [9.17, 15) is 0 Å². The van der Waals surface area contributed by atoms with Crippen LogP contribution < -0.4 is 10.5 Å². The molecule has 0 saturated carbocycles. The van der Waals surface area contributed by atoms with Gasteiger partial charge < -0.3 is 10.5 Å². The maximum Gasteiger partial charge on any atom is 0.232 e. The summed E-state index contributed by atoms with van der Waals surface area (Å²) in [7, 11) is 0. The molecule has 0 aromatic carbocycles. The first-order chi connectivity index (χ1) is 6.13. The smallest absolute Gasteiger partial charge is 0.232 e. The number of hydrogen-bond acceptors (Lipinski definition) is 3. The highest BCUT2D eigenvalue weighted by atomic mass is 35.5.